The summed E-state index contributed by atoms with van der Waals surface area (Å²) in [5.74, 6) is 0. The lowest BCUT2D eigenvalue weighted by Crippen LogP contribution is -2.35. The Bertz CT molecular complexity index is 382. The van der Waals surface area contributed by atoms with Crippen molar-refractivity contribution in [2.45, 2.75) is 31.9 Å². The molecule has 92 valence electrons. The number of aliphatic hydroxyl groups is 1. The minimum atomic E-state index is -0.352. The number of nitrogens with zero attached hydrogens (tertiary/aromatic N) is 1. The molecule has 1 aromatic carbocycles. The zero-order valence-corrected chi connectivity index (χ0v) is 10.6. The Hall–Kier alpha value is -1.12. The van der Waals surface area contributed by atoms with Gasteiger partial charge in [-0.25, -0.2) is 0 Å². The standard InChI is InChI=1S/C15H21NO/c1-12-6-8-13(9-7-12)15(17)11-14-5-3-4-10-16(14)2/h3-4,6-9,14-15,17H,5,10-11H2,1-2H3/t14?,15-/m0/s1. The van der Waals surface area contributed by atoms with E-state index in [4.69, 9.17) is 0 Å². The molecule has 1 heterocycles. The van der Waals surface area contributed by atoms with Crippen LogP contribution in [-0.2, 0) is 0 Å². The molecule has 1 aliphatic heterocycles. The second kappa shape index (κ2) is 5.48. The van der Waals surface area contributed by atoms with E-state index in [1.165, 1.54) is 5.56 Å². The summed E-state index contributed by atoms with van der Waals surface area (Å²) in [5, 5.41) is 10.2. The molecule has 2 rings (SSSR count). The molecule has 0 saturated heterocycles. The number of rotatable bonds is 3. The largest absolute Gasteiger partial charge is 0.388 e. The van der Waals surface area contributed by atoms with E-state index >= 15 is 0 Å². The molecule has 17 heavy (non-hydrogen) atoms. The zero-order chi connectivity index (χ0) is 12.3. The predicted octanol–water partition coefficient (Wildman–Crippen LogP) is 2.68. The van der Waals surface area contributed by atoms with Crippen LogP contribution < -0.4 is 0 Å². The van der Waals surface area contributed by atoms with E-state index in [-0.39, 0.29) is 6.10 Å². The van der Waals surface area contributed by atoms with Crippen LogP contribution in [0.25, 0.3) is 0 Å². The molecular weight excluding hydrogens is 210 g/mol. The second-order valence-corrected chi connectivity index (χ2v) is 4.96. The van der Waals surface area contributed by atoms with Crippen LogP contribution in [0, 0.1) is 6.92 Å². The van der Waals surface area contributed by atoms with E-state index in [0.29, 0.717) is 6.04 Å². The van der Waals surface area contributed by atoms with Crippen LogP contribution in [-0.4, -0.2) is 29.6 Å². The maximum Gasteiger partial charge on any atom is 0.0805 e. The van der Waals surface area contributed by atoms with Crippen LogP contribution in [0.5, 0.6) is 0 Å². The molecule has 0 saturated carbocycles. The van der Waals surface area contributed by atoms with Crippen molar-refractivity contribution in [2.75, 3.05) is 13.6 Å². The van der Waals surface area contributed by atoms with Crippen LogP contribution in [0.15, 0.2) is 36.4 Å². The first-order valence-electron chi connectivity index (χ1n) is 6.26. The fraction of sp³-hybridized carbons (Fsp3) is 0.467. The lowest BCUT2D eigenvalue weighted by molar-refractivity contribution is 0.117. The van der Waals surface area contributed by atoms with Gasteiger partial charge in [0.05, 0.1) is 6.10 Å². The van der Waals surface area contributed by atoms with Gasteiger partial charge in [-0.2, -0.15) is 0 Å². The fourth-order valence-corrected chi connectivity index (χ4v) is 2.28. The van der Waals surface area contributed by atoms with Gasteiger partial charge in [-0.1, -0.05) is 42.0 Å². The second-order valence-electron chi connectivity index (χ2n) is 4.96. The molecule has 0 bridgehead atoms. The molecule has 0 amide bonds. The highest BCUT2D eigenvalue weighted by Gasteiger charge is 2.20. The molecular formula is C15H21NO. The normalized spacial score (nSPS) is 22.6. The highest BCUT2D eigenvalue weighted by atomic mass is 16.3. The van der Waals surface area contributed by atoms with Gasteiger partial charge >= 0.3 is 0 Å². The van der Waals surface area contributed by atoms with Gasteiger partial charge in [0.2, 0.25) is 0 Å². The molecule has 0 aliphatic carbocycles. The Labute approximate surface area is 104 Å². The van der Waals surface area contributed by atoms with Crippen LogP contribution in [0.3, 0.4) is 0 Å². The predicted molar refractivity (Wildman–Crippen MR) is 70.9 cm³/mol. The summed E-state index contributed by atoms with van der Waals surface area (Å²) in [5.41, 5.74) is 2.26. The van der Waals surface area contributed by atoms with Crippen molar-refractivity contribution >= 4 is 0 Å². The SMILES string of the molecule is Cc1ccc([C@@H](O)CC2CC=CCN2C)cc1. The van der Waals surface area contributed by atoms with E-state index in [9.17, 15) is 5.11 Å². The molecule has 0 fully saturated rings. The summed E-state index contributed by atoms with van der Waals surface area (Å²) in [6.45, 7) is 3.06. The average Bonchev–Trinajstić information content (AvgIpc) is 2.33. The molecule has 1 unspecified atom stereocenters. The van der Waals surface area contributed by atoms with E-state index in [1.54, 1.807) is 0 Å². The van der Waals surface area contributed by atoms with Gasteiger partial charge in [0.1, 0.15) is 0 Å². The molecule has 0 spiro atoms. The Morgan fingerprint density at radius 2 is 2.00 bits per heavy atom. The van der Waals surface area contributed by atoms with Gasteiger partial charge in [-0.3, -0.25) is 4.90 Å². The van der Waals surface area contributed by atoms with Crippen LogP contribution in [0.4, 0.5) is 0 Å². The van der Waals surface area contributed by atoms with Crippen molar-refractivity contribution in [1.29, 1.82) is 0 Å². The van der Waals surface area contributed by atoms with Crippen LogP contribution >= 0.6 is 0 Å². The molecule has 1 aliphatic rings. The number of aryl methyl sites for hydroxylation is 1. The van der Waals surface area contributed by atoms with Gasteiger partial charge in [0.15, 0.2) is 0 Å². The zero-order valence-electron chi connectivity index (χ0n) is 10.6. The smallest absolute Gasteiger partial charge is 0.0805 e. The van der Waals surface area contributed by atoms with Crippen molar-refractivity contribution in [3.8, 4) is 0 Å². The number of aliphatic hydroxyl groups excluding tert-OH is 1. The first-order valence-corrected chi connectivity index (χ1v) is 6.26. The average molecular weight is 231 g/mol. The maximum absolute atomic E-state index is 10.2. The highest BCUT2D eigenvalue weighted by Crippen LogP contribution is 2.23. The Morgan fingerprint density at radius 1 is 1.29 bits per heavy atom. The van der Waals surface area contributed by atoms with Crippen molar-refractivity contribution in [3.05, 3.63) is 47.5 Å². The number of likely N-dealkylation sites (N-methyl/N-ethyl adjacent to an activating group) is 1. The minimum Gasteiger partial charge on any atom is -0.388 e. The number of hydrogen-bond acceptors (Lipinski definition) is 2. The summed E-state index contributed by atoms with van der Waals surface area (Å²) in [6.07, 6.45) is 5.90. The van der Waals surface area contributed by atoms with Gasteiger partial charge in [-0.05, 0) is 32.4 Å². The van der Waals surface area contributed by atoms with Crippen molar-refractivity contribution < 1.29 is 5.11 Å². The summed E-state index contributed by atoms with van der Waals surface area (Å²) in [4.78, 5) is 2.30. The fourth-order valence-electron chi connectivity index (χ4n) is 2.28. The van der Waals surface area contributed by atoms with Gasteiger partial charge in [0.25, 0.3) is 0 Å². The molecule has 2 nitrogen and oxygen atoms in total. The van der Waals surface area contributed by atoms with Gasteiger partial charge in [-0.15, -0.1) is 0 Å². The third-order valence-electron chi connectivity index (χ3n) is 3.55. The first kappa shape index (κ1) is 12.3. The molecule has 2 atom stereocenters. The molecule has 1 N–H and O–H groups in total. The van der Waals surface area contributed by atoms with Crippen LogP contribution in [0.2, 0.25) is 0 Å². The summed E-state index contributed by atoms with van der Waals surface area (Å²) in [6, 6.07) is 8.62. The molecule has 1 aromatic rings. The van der Waals surface area contributed by atoms with E-state index in [1.807, 2.05) is 12.1 Å². The van der Waals surface area contributed by atoms with Crippen molar-refractivity contribution in [1.82, 2.24) is 4.90 Å². The van der Waals surface area contributed by atoms with Gasteiger partial charge < -0.3 is 5.11 Å². The third-order valence-corrected chi connectivity index (χ3v) is 3.55. The topological polar surface area (TPSA) is 23.5 Å². The molecule has 0 aromatic heterocycles. The van der Waals surface area contributed by atoms with E-state index in [0.717, 1.165) is 24.9 Å². The van der Waals surface area contributed by atoms with Gasteiger partial charge in [0, 0.05) is 12.6 Å². The molecule has 2 heteroatoms. The lowest BCUT2D eigenvalue weighted by atomic mass is 9.97. The summed E-state index contributed by atoms with van der Waals surface area (Å²) < 4.78 is 0. The molecule has 0 radical (unpaired) electrons. The summed E-state index contributed by atoms with van der Waals surface area (Å²) in [7, 11) is 2.12. The van der Waals surface area contributed by atoms with E-state index in [2.05, 4.69) is 43.2 Å². The van der Waals surface area contributed by atoms with Crippen molar-refractivity contribution in [3.63, 3.8) is 0 Å². The lowest BCUT2D eigenvalue weighted by Gasteiger charge is -2.30. The number of hydrogen-bond donors (Lipinski definition) is 1. The highest BCUT2D eigenvalue weighted by molar-refractivity contribution is 5.23. The first-order chi connectivity index (χ1) is 8.16. The Morgan fingerprint density at radius 3 is 2.65 bits per heavy atom. The summed E-state index contributed by atoms with van der Waals surface area (Å²) >= 11 is 0. The number of benzene rings is 1. The third kappa shape index (κ3) is 3.18. The quantitative estimate of drug-likeness (QED) is 0.808. The Balaban J connectivity index is 1.98. The minimum absolute atomic E-state index is 0.352. The van der Waals surface area contributed by atoms with Crippen molar-refractivity contribution in [2.24, 2.45) is 0 Å². The monoisotopic (exact) mass is 231 g/mol. The van der Waals surface area contributed by atoms with E-state index < -0.39 is 0 Å². The van der Waals surface area contributed by atoms with Crippen LogP contribution in [0.1, 0.15) is 30.1 Å². The Kier molecular flexibility index (Phi) is 3.97. The maximum atomic E-state index is 10.2.